The highest BCUT2D eigenvalue weighted by Crippen LogP contribution is 2.39. The summed E-state index contributed by atoms with van der Waals surface area (Å²) in [5.41, 5.74) is 2.73. The molecule has 1 saturated carbocycles. The number of nitrogens with one attached hydrogen (secondary N) is 1. The van der Waals surface area contributed by atoms with Gasteiger partial charge >= 0.3 is 0 Å². The van der Waals surface area contributed by atoms with Crippen LogP contribution in [0, 0.1) is 11.3 Å². The van der Waals surface area contributed by atoms with Gasteiger partial charge in [0, 0.05) is 40.6 Å². The lowest BCUT2D eigenvalue weighted by Crippen LogP contribution is -2.11. The number of rotatable bonds is 3. The third-order valence-corrected chi connectivity index (χ3v) is 4.35. The first-order valence-electron chi connectivity index (χ1n) is 7.63. The lowest BCUT2D eigenvalue weighted by Gasteiger charge is -2.07. The van der Waals surface area contributed by atoms with Crippen LogP contribution in [0.1, 0.15) is 34.8 Å². The molecule has 0 radical (unpaired) electrons. The van der Waals surface area contributed by atoms with Crippen molar-refractivity contribution in [1.82, 2.24) is 9.55 Å². The van der Waals surface area contributed by atoms with Crippen molar-refractivity contribution in [1.29, 1.82) is 5.26 Å². The molecule has 0 aliphatic heterocycles. The summed E-state index contributed by atoms with van der Waals surface area (Å²) in [7, 11) is 0. The number of fused-ring (bicyclic) bond motifs is 1. The summed E-state index contributed by atoms with van der Waals surface area (Å²) in [5, 5.41) is 13.3. The molecule has 1 fully saturated rings. The Hall–Kier alpha value is -2.84. The second-order valence-electron chi connectivity index (χ2n) is 5.85. The zero-order chi connectivity index (χ0) is 16.7. The minimum Gasteiger partial charge on any atom is -0.343 e. The maximum absolute atomic E-state index is 12.3. The van der Waals surface area contributed by atoms with E-state index in [0.29, 0.717) is 22.9 Å². The van der Waals surface area contributed by atoms with Crippen LogP contribution in [-0.2, 0) is 0 Å². The Morgan fingerprint density at radius 1 is 1.33 bits per heavy atom. The van der Waals surface area contributed by atoms with E-state index < -0.39 is 0 Å². The Balaban J connectivity index is 1.68. The van der Waals surface area contributed by atoms with Crippen LogP contribution in [0.2, 0.25) is 5.15 Å². The molecule has 0 unspecified atom stereocenters. The fourth-order valence-corrected chi connectivity index (χ4v) is 3.00. The fraction of sp³-hybridized carbons (Fsp3) is 0.167. The van der Waals surface area contributed by atoms with E-state index >= 15 is 0 Å². The fourth-order valence-electron chi connectivity index (χ4n) is 2.82. The van der Waals surface area contributed by atoms with E-state index in [9.17, 15) is 10.1 Å². The average molecular weight is 337 g/mol. The monoisotopic (exact) mass is 336 g/mol. The van der Waals surface area contributed by atoms with Crippen LogP contribution in [0.5, 0.6) is 0 Å². The Labute approximate surface area is 143 Å². The summed E-state index contributed by atoms with van der Waals surface area (Å²) < 4.78 is 2.15. The molecule has 118 valence electrons. The van der Waals surface area contributed by atoms with Gasteiger partial charge in [0.2, 0.25) is 0 Å². The molecule has 5 nitrogen and oxygen atoms in total. The van der Waals surface area contributed by atoms with Crippen molar-refractivity contribution in [2.75, 3.05) is 5.32 Å². The molecule has 2 aromatic heterocycles. The third kappa shape index (κ3) is 2.61. The molecule has 1 N–H and O–H groups in total. The lowest BCUT2D eigenvalue weighted by molar-refractivity contribution is 0.102. The molecule has 1 amide bonds. The van der Waals surface area contributed by atoms with Crippen LogP contribution in [0.15, 0.2) is 42.7 Å². The highest BCUT2D eigenvalue weighted by molar-refractivity contribution is 6.29. The van der Waals surface area contributed by atoms with Crippen molar-refractivity contribution in [2.24, 2.45) is 0 Å². The summed E-state index contributed by atoms with van der Waals surface area (Å²) >= 11 is 5.82. The Morgan fingerprint density at radius 3 is 2.88 bits per heavy atom. The van der Waals surface area contributed by atoms with Gasteiger partial charge < -0.3 is 9.88 Å². The van der Waals surface area contributed by atoms with Crippen molar-refractivity contribution >= 4 is 34.1 Å². The molecule has 0 bridgehead atoms. The number of anilines is 1. The van der Waals surface area contributed by atoms with Gasteiger partial charge in [-0.05, 0) is 43.2 Å². The van der Waals surface area contributed by atoms with Crippen molar-refractivity contribution in [3.63, 3.8) is 0 Å². The standard InChI is InChI=1S/C18H13ClN4O/c19-17-7-11(5-6-21-17)18(24)22-13-1-4-16-15(8-13)12(9-20)10-23(16)14-2-3-14/h1,4-8,10,14H,2-3H2,(H,22,24). The number of amides is 1. The molecular weight excluding hydrogens is 324 g/mol. The van der Waals surface area contributed by atoms with Crippen LogP contribution < -0.4 is 5.32 Å². The molecule has 24 heavy (non-hydrogen) atoms. The van der Waals surface area contributed by atoms with Gasteiger partial charge in [-0.1, -0.05) is 11.6 Å². The summed E-state index contributed by atoms with van der Waals surface area (Å²) in [6.07, 6.45) is 5.69. The quantitative estimate of drug-likeness (QED) is 0.730. The minimum atomic E-state index is -0.265. The molecule has 4 rings (SSSR count). The van der Waals surface area contributed by atoms with Crippen molar-refractivity contribution < 1.29 is 4.79 Å². The highest BCUT2D eigenvalue weighted by atomic mass is 35.5. The molecule has 2 heterocycles. The van der Waals surface area contributed by atoms with Crippen molar-refractivity contribution in [3.05, 3.63) is 59.0 Å². The zero-order valence-corrected chi connectivity index (χ0v) is 13.4. The number of hydrogen-bond donors (Lipinski definition) is 1. The second-order valence-corrected chi connectivity index (χ2v) is 6.23. The van der Waals surface area contributed by atoms with Gasteiger partial charge in [-0.15, -0.1) is 0 Å². The first-order valence-corrected chi connectivity index (χ1v) is 8.01. The number of nitrogens with zero attached hydrogens (tertiary/aromatic N) is 3. The van der Waals surface area contributed by atoms with Gasteiger partial charge in [-0.2, -0.15) is 5.26 Å². The van der Waals surface area contributed by atoms with E-state index in [1.807, 2.05) is 24.4 Å². The molecule has 3 aromatic rings. The predicted octanol–water partition coefficient (Wildman–Crippen LogP) is 4.15. The summed E-state index contributed by atoms with van der Waals surface area (Å²) in [6, 6.07) is 11.5. The smallest absolute Gasteiger partial charge is 0.255 e. The number of halogens is 1. The van der Waals surface area contributed by atoms with Crippen LogP contribution in [-0.4, -0.2) is 15.5 Å². The molecule has 1 aliphatic rings. The molecular formula is C18H13ClN4O. The van der Waals surface area contributed by atoms with Gasteiger partial charge in [0.05, 0.1) is 5.56 Å². The Bertz CT molecular complexity index is 998. The number of aromatic nitrogens is 2. The van der Waals surface area contributed by atoms with E-state index in [4.69, 9.17) is 11.6 Å². The first kappa shape index (κ1) is 14.7. The average Bonchev–Trinajstić information content (AvgIpc) is 3.36. The largest absolute Gasteiger partial charge is 0.343 e. The SMILES string of the molecule is N#Cc1cn(C2CC2)c2ccc(NC(=O)c3ccnc(Cl)c3)cc12. The molecule has 0 saturated heterocycles. The lowest BCUT2D eigenvalue weighted by atomic mass is 10.1. The number of hydrogen-bond acceptors (Lipinski definition) is 3. The second kappa shape index (κ2) is 5.66. The highest BCUT2D eigenvalue weighted by Gasteiger charge is 2.25. The molecule has 6 heteroatoms. The number of carbonyl (C=O) groups excluding carboxylic acids is 1. The first-order chi connectivity index (χ1) is 11.7. The van der Waals surface area contributed by atoms with E-state index in [2.05, 4.69) is 20.9 Å². The normalized spacial score (nSPS) is 13.7. The van der Waals surface area contributed by atoms with Gasteiger partial charge in [0.15, 0.2) is 0 Å². The van der Waals surface area contributed by atoms with Gasteiger partial charge in [-0.25, -0.2) is 4.98 Å². The van der Waals surface area contributed by atoms with Gasteiger partial charge in [0.1, 0.15) is 11.2 Å². The predicted molar refractivity (Wildman–Crippen MR) is 92.1 cm³/mol. The van der Waals surface area contributed by atoms with E-state index in [1.165, 1.54) is 12.3 Å². The number of carbonyl (C=O) groups is 1. The van der Waals surface area contributed by atoms with E-state index in [-0.39, 0.29) is 11.1 Å². The molecule has 1 aliphatic carbocycles. The number of nitriles is 1. The van der Waals surface area contributed by atoms with Crippen LogP contribution >= 0.6 is 11.6 Å². The van der Waals surface area contributed by atoms with E-state index in [1.54, 1.807) is 6.07 Å². The maximum atomic E-state index is 12.3. The zero-order valence-electron chi connectivity index (χ0n) is 12.7. The third-order valence-electron chi connectivity index (χ3n) is 4.14. The summed E-state index contributed by atoms with van der Waals surface area (Å²) in [6.45, 7) is 0. The topological polar surface area (TPSA) is 70.7 Å². The van der Waals surface area contributed by atoms with Crippen LogP contribution in [0.25, 0.3) is 10.9 Å². The van der Waals surface area contributed by atoms with Gasteiger partial charge in [-0.3, -0.25) is 4.79 Å². The summed E-state index contributed by atoms with van der Waals surface area (Å²) in [4.78, 5) is 16.2. The van der Waals surface area contributed by atoms with Gasteiger partial charge in [0.25, 0.3) is 5.91 Å². The molecule has 0 spiro atoms. The van der Waals surface area contributed by atoms with Crippen LogP contribution in [0.4, 0.5) is 5.69 Å². The van der Waals surface area contributed by atoms with E-state index in [0.717, 1.165) is 23.7 Å². The number of pyridine rings is 1. The van der Waals surface area contributed by atoms with Crippen LogP contribution in [0.3, 0.4) is 0 Å². The maximum Gasteiger partial charge on any atom is 0.255 e. The molecule has 0 atom stereocenters. The minimum absolute atomic E-state index is 0.265. The Morgan fingerprint density at radius 2 is 2.17 bits per heavy atom. The Kier molecular flexibility index (Phi) is 3.47. The van der Waals surface area contributed by atoms with Crippen molar-refractivity contribution in [2.45, 2.75) is 18.9 Å². The molecule has 1 aromatic carbocycles. The van der Waals surface area contributed by atoms with Crippen molar-refractivity contribution in [3.8, 4) is 6.07 Å². The summed E-state index contributed by atoms with van der Waals surface area (Å²) in [5.74, 6) is -0.265. The number of benzene rings is 1.